The van der Waals surface area contributed by atoms with Gasteiger partial charge in [-0.1, -0.05) is 5.16 Å². The SMILES string of the molecule is Cc1onc(-c2cc(Br)cnc2F)c1C(=O)O. The maximum absolute atomic E-state index is 13.5. The first kappa shape index (κ1) is 11.7. The summed E-state index contributed by atoms with van der Waals surface area (Å²) in [5.41, 5.74) is -0.251. The fourth-order valence-corrected chi connectivity index (χ4v) is 1.73. The fourth-order valence-electron chi connectivity index (χ4n) is 1.40. The second-order valence-corrected chi connectivity index (χ2v) is 4.18. The van der Waals surface area contributed by atoms with Gasteiger partial charge >= 0.3 is 5.97 Å². The highest BCUT2D eigenvalue weighted by Crippen LogP contribution is 2.28. The fraction of sp³-hybridized carbons (Fsp3) is 0.100. The number of hydrogen-bond acceptors (Lipinski definition) is 4. The van der Waals surface area contributed by atoms with Gasteiger partial charge in [0.1, 0.15) is 17.0 Å². The molecule has 0 aliphatic carbocycles. The summed E-state index contributed by atoms with van der Waals surface area (Å²) in [7, 11) is 0. The van der Waals surface area contributed by atoms with Crippen LogP contribution in [0.2, 0.25) is 0 Å². The van der Waals surface area contributed by atoms with Gasteiger partial charge in [0.05, 0.1) is 5.56 Å². The van der Waals surface area contributed by atoms with Crippen LogP contribution in [0.1, 0.15) is 16.1 Å². The first-order chi connectivity index (χ1) is 8.00. The molecular formula is C10H6BrFN2O3. The molecule has 0 amide bonds. The van der Waals surface area contributed by atoms with Gasteiger partial charge in [-0.05, 0) is 28.9 Å². The van der Waals surface area contributed by atoms with Crippen molar-refractivity contribution < 1.29 is 18.8 Å². The average molecular weight is 301 g/mol. The number of aromatic carboxylic acids is 1. The minimum atomic E-state index is -1.22. The molecule has 0 saturated carbocycles. The lowest BCUT2D eigenvalue weighted by Gasteiger charge is -2.00. The quantitative estimate of drug-likeness (QED) is 0.863. The van der Waals surface area contributed by atoms with E-state index >= 15 is 0 Å². The maximum atomic E-state index is 13.5. The van der Waals surface area contributed by atoms with Crippen molar-refractivity contribution in [2.45, 2.75) is 6.92 Å². The van der Waals surface area contributed by atoms with E-state index in [1.54, 1.807) is 0 Å². The van der Waals surface area contributed by atoms with E-state index < -0.39 is 11.9 Å². The van der Waals surface area contributed by atoms with Gasteiger partial charge in [-0.2, -0.15) is 4.39 Å². The lowest BCUT2D eigenvalue weighted by Crippen LogP contribution is -2.01. The predicted molar refractivity (Wildman–Crippen MR) is 59.1 cm³/mol. The molecule has 88 valence electrons. The summed E-state index contributed by atoms with van der Waals surface area (Å²) in [6.07, 6.45) is 1.27. The van der Waals surface area contributed by atoms with Crippen LogP contribution in [0.15, 0.2) is 21.3 Å². The molecule has 0 atom stereocenters. The van der Waals surface area contributed by atoms with Crippen LogP contribution in [-0.4, -0.2) is 21.2 Å². The Bertz CT molecular complexity index is 597. The van der Waals surface area contributed by atoms with E-state index in [2.05, 4.69) is 26.1 Å². The van der Waals surface area contributed by atoms with Gasteiger partial charge < -0.3 is 9.63 Å². The third-order valence-electron chi connectivity index (χ3n) is 2.14. The van der Waals surface area contributed by atoms with Gasteiger partial charge in [0.25, 0.3) is 0 Å². The lowest BCUT2D eigenvalue weighted by atomic mass is 10.1. The number of carbonyl (C=O) groups is 1. The Morgan fingerprint density at radius 1 is 1.59 bits per heavy atom. The Hall–Kier alpha value is -1.76. The molecule has 2 aromatic rings. The van der Waals surface area contributed by atoms with Gasteiger partial charge in [0.15, 0.2) is 0 Å². The number of halogens is 2. The summed E-state index contributed by atoms with van der Waals surface area (Å²) in [6.45, 7) is 1.45. The molecule has 0 saturated heterocycles. The Morgan fingerprint density at radius 2 is 2.29 bits per heavy atom. The van der Waals surface area contributed by atoms with E-state index in [-0.39, 0.29) is 22.6 Å². The van der Waals surface area contributed by atoms with Crippen molar-refractivity contribution in [3.63, 3.8) is 0 Å². The third kappa shape index (κ3) is 2.05. The molecule has 2 heterocycles. The van der Waals surface area contributed by atoms with Crippen LogP contribution in [0.4, 0.5) is 4.39 Å². The maximum Gasteiger partial charge on any atom is 0.341 e. The van der Waals surface area contributed by atoms with Crippen LogP contribution in [0, 0.1) is 12.9 Å². The van der Waals surface area contributed by atoms with E-state index in [1.807, 2.05) is 0 Å². The lowest BCUT2D eigenvalue weighted by molar-refractivity contribution is 0.0696. The van der Waals surface area contributed by atoms with Gasteiger partial charge in [-0.3, -0.25) is 0 Å². The Labute approximate surface area is 103 Å². The number of aryl methyl sites for hydroxylation is 1. The summed E-state index contributed by atoms with van der Waals surface area (Å²) < 4.78 is 18.8. The molecule has 7 heteroatoms. The summed E-state index contributed by atoms with van der Waals surface area (Å²) in [5.74, 6) is -1.91. The van der Waals surface area contributed by atoms with Crippen molar-refractivity contribution in [2.75, 3.05) is 0 Å². The van der Waals surface area contributed by atoms with Crippen molar-refractivity contribution in [3.8, 4) is 11.3 Å². The molecule has 5 nitrogen and oxygen atoms in total. The van der Waals surface area contributed by atoms with Gasteiger partial charge in [0.2, 0.25) is 5.95 Å². The molecule has 2 aromatic heterocycles. The van der Waals surface area contributed by atoms with Crippen LogP contribution < -0.4 is 0 Å². The van der Waals surface area contributed by atoms with Crippen molar-refractivity contribution in [1.82, 2.24) is 10.1 Å². The van der Waals surface area contributed by atoms with E-state index in [0.29, 0.717) is 4.47 Å². The molecule has 2 rings (SSSR count). The summed E-state index contributed by atoms with van der Waals surface area (Å²) in [5, 5.41) is 12.6. The van der Waals surface area contributed by atoms with Crippen molar-refractivity contribution in [1.29, 1.82) is 0 Å². The molecule has 0 bridgehead atoms. The number of carboxylic acids is 1. The van der Waals surface area contributed by atoms with Crippen LogP contribution in [-0.2, 0) is 0 Å². The smallest absolute Gasteiger partial charge is 0.341 e. The molecule has 0 unspecified atom stereocenters. The zero-order valence-corrected chi connectivity index (χ0v) is 10.2. The van der Waals surface area contributed by atoms with E-state index in [1.165, 1.54) is 19.2 Å². The minimum absolute atomic E-state index is 0.0198. The summed E-state index contributed by atoms with van der Waals surface area (Å²) in [6, 6.07) is 1.39. The van der Waals surface area contributed by atoms with Crippen LogP contribution in [0.5, 0.6) is 0 Å². The number of rotatable bonds is 2. The minimum Gasteiger partial charge on any atom is -0.477 e. The molecule has 0 aliphatic rings. The highest BCUT2D eigenvalue weighted by atomic mass is 79.9. The number of carboxylic acid groups (broad SMARTS) is 1. The van der Waals surface area contributed by atoms with Gasteiger partial charge in [-0.25, -0.2) is 9.78 Å². The molecular weight excluding hydrogens is 295 g/mol. The van der Waals surface area contributed by atoms with Gasteiger partial charge in [0, 0.05) is 10.7 Å². The summed E-state index contributed by atoms with van der Waals surface area (Å²) in [4.78, 5) is 14.5. The molecule has 0 spiro atoms. The third-order valence-corrected chi connectivity index (χ3v) is 2.57. The molecule has 0 aromatic carbocycles. The highest BCUT2D eigenvalue weighted by molar-refractivity contribution is 9.10. The Morgan fingerprint density at radius 3 is 2.94 bits per heavy atom. The first-order valence-corrected chi connectivity index (χ1v) is 5.31. The monoisotopic (exact) mass is 300 g/mol. The van der Waals surface area contributed by atoms with Crippen LogP contribution in [0.3, 0.4) is 0 Å². The second-order valence-electron chi connectivity index (χ2n) is 3.26. The number of aromatic nitrogens is 2. The van der Waals surface area contributed by atoms with Gasteiger partial charge in [-0.15, -0.1) is 0 Å². The zero-order chi connectivity index (χ0) is 12.6. The predicted octanol–water partition coefficient (Wildman–Crippen LogP) is 2.64. The number of nitrogens with zero attached hydrogens (tertiary/aromatic N) is 2. The highest BCUT2D eigenvalue weighted by Gasteiger charge is 2.23. The van der Waals surface area contributed by atoms with Crippen molar-refractivity contribution >= 4 is 21.9 Å². The molecule has 0 aliphatic heterocycles. The number of hydrogen-bond donors (Lipinski definition) is 1. The van der Waals surface area contributed by atoms with Crippen LogP contribution in [0.25, 0.3) is 11.3 Å². The topological polar surface area (TPSA) is 76.2 Å². The molecule has 17 heavy (non-hydrogen) atoms. The van der Waals surface area contributed by atoms with Crippen LogP contribution >= 0.6 is 15.9 Å². The Balaban J connectivity index is 2.68. The standard InChI is InChI=1S/C10H6BrFN2O3/c1-4-7(10(15)16)8(14-17-4)6-2-5(11)3-13-9(6)12/h2-3H,1H3,(H,15,16). The van der Waals surface area contributed by atoms with E-state index in [0.717, 1.165) is 0 Å². The summed E-state index contributed by atoms with van der Waals surface area (Å²) >= 11 is 3.13. The average Bonchev–Trinajstić information content (AvgIpc) is 2.64. The molecule has 0 radical (unpaired) electrons. The van der Waals surface area contributed by atoms with Crippen molar-refractivity contribution in [3.05, 3.63) is 34.0 Å². The van der Waals surface area contributed by atoms with Crippen molar-refractivity contribution in [2.24, 2.45) is 0 Å². The molecule has 1 N–H and O–H groups in total. The second kappa shape index (κ2) is 4.25. The van der Waals surface area contributed by atoms with E-state index in [9.17, 15) is 9.18 Å². The normalized spacial score (nSPS) is 10.5. The number of pyridine rings is 1. The Kier molecular flexibility index (Phi) is 2.93. The molecule has 0 fully saturated rings. The largest absolute Gasteiger partial charge is 0.477 e. The first-order valence-electron chi connectivity index (χ1n) is 4.51. The van der Waals surface area contributed by atoms with E-state index in [4.69, 9.17) is 9.63 Å². The zero-order valence-electron chi connectivity index (χ0n) is 8.57.